The number of nitrogens with zero attached hydrogens (tertiary/aromatic N) is 3. The number of hydrogen-bond donors (Lipinski definition) is 1. The normalized spacial score (nSPS) is 12.4. The zero-order chi connectivity index (χ0) is 18.1. The lowest BCUT2D eigenvalue weighted by atomic mass is 10.3. The van der Waals surface area contributed by atoms with Gasteiger partial charge in [0, 0.05) is 12.3 Å². The number of thioether (sulfide) groups is 1. The monoisotopic (exact) mass is 402 g/mol. The molecule has 10 heteroatoms. The number of benzene rings is 1. The molecule has 1 amide bonds. The summed E-state index contributed by atoms with van der Waals surface area (Å²) in [7, 11) is 0. The molecular formula is C15H10Cl2F2N4OS. The summed E-state index contributed by atoms with van der Waals surface area (Å²) < 4.78 is 28.1. The van der Waals surface area contributed by atoms with E-state index in [2.05, 4.69) is 15.5 Å². The fourth-order valence-electron chi connectivity index (χ4n) is 2.02. The Morgan fingerprint density at radius 1 is 1.28 bits per heavy atom. The standard InChI is InChI=1S/C15H10Cl2F2N4OS/c1-7(14(24)20-12-3-2-9(18)5-11(12)19)25-15-22-21-13-10(17)4-8(16)6-23(13)15/h2-7H,1H3,(H,20,24). The summed E-state index contributed by atoms with van der Waals surface area (Å²) in [6, 6.07) is 4.46. The average molecular weight is 403 g/mol. The molecule has 0 fully saturated rings. The average Bonchev–Trinajstić information content (AvgIpc) is 2.93. The van der Waals surface area contributed by atoms with Gasteiger partial charge >= 0.3 is 0 Å². The Hall–Kier alpha value is -1.90. The van der Waals surface area contributed by atoms with Crippen LogP contribution in [0.25, 0.3) is 5.65 Å². The van der Waals surface area contributed by atoms with Crippen molar-refractivity contribution in [3.05, 3.63) is 52.1 Å². The minimum Gasteiger partial charge on any atom is -0.323 e. The summed E-state index contributed by atoms with van der Waals surface area (Å²) in [5.74, 6) is -2.04. The summed E-state index contributed by atoms with van der Waals surface area (Å²) >= 11 is 13.1. The van der Waals surface area contributed by atoms with Crippen molar-refractivity contribution in [2.24, 2.45) is 0 Å². The van der Waals surface area contributed by atoms with Gasteiger partial charge in [0.2, 0.25) is 5.91 Å². The molecule has 0 spiro atoms. The van der Waals surface area contributed by atoms with Crippen molar-refractivity contribution in [3.63, 3.8) is 0 Å². The highest BCUT2D eigenvalue weighted by atomic mass is 35.5. The first-order valence-electron chi connectivity index (χ1n) is 6.97. The highest BCUT2D eigenvalue weighted by molar-refractivity contribution is 8.00. The second kappa shape index (κ2) is 7.15. The van der Waals surface area contributed by atoms with Crippen molar-refractivity contribution in [2.45, 2.75) is 17.3 Å². The molecule has 2 heterocycles. The van der Waals surface area contributed by atoms with E-state index in [1.165, 1.54) is 6.07 Å². The van der Waals surface area contributed by atoms with Crippen LogP contribution in [0.4, 0.5) is 14.5 Å². The number of aromatic nitrogens is 3. The number of carbonyl (C=O) groups excluding carboxylic acids is 1. The fraction of sp³-hybridized carbons (Fsp3) is 0.133. The summed E-state index contributed by atoms with van der Waals surface area (Å²) in [5.41, 5.74) is 0.307. The molecule has 0 aliphatic rings. The molecule has 0 bridgehead atoms. The predicted molar refractivity (Wildman–Crippen MR) is 93.3 cm³/mol. The Labute approximate surface area is 155 Å². The Kier molecular flexibility index (Phi) is 5.12. The van der Waals surface area contributed by atoms with Crippen molar-refractivity contribution >= 4 is 52.2 Å². The topological polar surface area (TPSA) is 59.3 Å². The van der Waals surface area contributed by atoms with Gasteiger partial charge in [0.1, 0.15) is 11.6 Å². The second-order valence-corrected chi connectivity index (χ2v) is 7.21. The van der Waals surface area contributed by atoms with Gasteiger partial charge in [-0.3, -0.25) is 9.20 Å². The third-order valence-corrected chi connectivity index (χ3v) is 4.78. The van der Waals surface area contributed by atoms with Gasteiger partial charge in [-0.1, -0.05) is 35.0 Å². The Morgan fingerprint density at radius 2 is 2.04 bits per heavy atom. The van der Waals surface area contributed by atoms with E-state index in [4.69, 9.17) is 23.2 Å². The maximum atomic E-state index is 13.6. The highest BCUT2D eigenvalue weighted by Gasteiger charge is 2.20. The lowest BCUT2D eigenvalue weighted by Gasteiger charge is -2.11. The summed E-state index contributed by atoms with van der Waals surface area (Å²) in [6.07, 6.45) is 1.58. The number of hydrogen-bond acceptors (Lipinski definition) is 4. The van der Waals surface area contributed by atoms with Crippen molar-refractivity contribution < 1.29 is 13.6 Å². The Bertz CT molecular complexity index is 966. The molecule has 1 N–H and O–H groups in total. The molecule has 5 nitrogen and oxygen atoms in total. The lowest BCUT2D eigenvalue weighted by Crippen LogP contribution is -2.23. The van der Waals surface area contributed by atoms with Gasteiger partial charge < -0.3 is 5.32 Å². The van der Waals surface area contributed by atoms with E-state index in [0.717, 1.165) is 23.9 Å². The first-order valence-corrected chi connectivity index (χ1v) is 8.61. The van der Waals surface area contributed by atoms with E-state index >= 15 is 0 Å². The van der Waals surface area contributed by atoms with Gasteiger partial charge in [0.15, 0.2) is 10.8 Å². The molecule has 25 heavy (non-hydrogen) atoms. The molecule has 1 aromatic carbocycles. The van der Waals surface area contributed by atoms with E-state index in [0.29, 0.717) is 26.9 Å². The number of amides is 1. The molecular weight excluding hydrogens is 393 g/mol. The third kappa shape index (κ3) is 3.86. The van der Waals surface area contributed by atoms with Crippen LogP contribution >= 0.6 is 35.0 Å². The van der Waals surface area contributed by atoms with Crippen LogP contribution in [0.2, 0.25) is 10.0 Å². The van der Waals surface area contributed by atoms with E-state index < -0.39 is 22.8 Å². The third-order valence-electron chi connectivity index (χ3n) is 3.24. The number of fused-ring (bicyclic) bond motifs is 1. The fourth-order valence-corrected chi connectivity index (χ4v) is 3.35. The molecule has 1 atom stereocenters. The van der Waals surface area contributed by atoms with Gasteiger partial charge in [-0.15, -0.1) is 10.2 Å². The number of pyridine rings is 1. The SMILES string of the molecule is CC(Sc1nnc2c(Cl)cc(Cl)cn12)C(=O)Nc1ccc(F)cc1F. The maximum Gasteiger partial charge on any atom is 0.237 e. The molecule has 3 rings (SSSR count). The van der Waals surface area contributed by atoms with Crippen molar-refractivity contribution in [3.8, 4) is 0 Å². The number of nitrogens with one attached hydrogen (secondary N) is 1. The van der Waals surface area contributed by atoms with Crippen molar-refractivity contribution in [1.82, 2.24) is 14.6 Å². The van der Waals surface area contributed by atoms with Gasteiger partial charge in [0.05, 0.1) is 21.0 Å². The van der Waals surface area contributed by atoms with Crippen LogP contribution in [0.15, 0.2) is 35.6 Å². The highest BCUT2D eigenvalue weighted by Crippen LogP contribution is 2.28. The molecule has 2 aromatic heterocycles. The number of halogens is 4. The smallest absolute Gasteiger partial charge is 0.237 e. The van der Waals surface area contributed by atoms with Crippen LogP contribution in [-0.2, 0) is 4.79 Å². The molecule has 0 saturated heterocycles. The summed E-state index contributed by atoms with van der Waals surface area (Å²) in [6.45, 7) is 1.62. The predicted octanol–water partition coefficient (Wildman–Crippen LogP) is 4.43. The number of anilines is 1. The van der Waals surface area contributed by atoms with Crippen LogP contribution < -0.4 is 5.32 Å². The lowest BCUT2D eigenvalue weighted by molar-refractivity contribution is -0.115. The molecule has 0 aliphatic carbocycles. The molecule has 0 aliphatic heterocycles. The van der Waals surface area contributed by atoms with Gasteiger partial charge in [-0.25, -0.2) is 8.78 Å². The molecule has 0 saturated carbocycles. The van der Waals surface area contributed by atoms with Gasteiger partial charge in [-0.05, 0) is 25.1 Å². The van der Waals surface area contributed by atoms with E-state index in [1.807, 2.05) is 0 Å². The molecule has 130 valence electrons. The minimum atomic E-state index is -0.850. The van der Waals surface area contributed by atoms with Crippen LogP contribution in [0.1, 0.15) is 6.92 Å². The van der Waals surface area contributed by atoms with Gasteiger partial charge in [0.25, 0.3) is 0 Å². The summed E-state index contributed by atoms with van der Waals surface area (Å²) in [4.78, 5) is 12.2. The molecule has 0 radical (unpaired) electrons. The summed E-state index contributed by atoms with van der Waals surface area (Å²) in [5, 5.41) is 10.8. The zero-order valence-corrected chi connectivity index (χ0v) is 15.0. The second-order valence-electron chi connectivity index (χ2n) is 5.06. The van der Waals surface area contributed by atoms with E-state index in [9.17, 15) is 13.6 Å². The van der Waals surface area contributed by atoms with Crippen LogP contribution in [-0.4, -0.2) is 25.8 Å². The number of carbonyl (C=O) groups is 1. The Balaban J connectivity index is 1.78. The van der Waals surface area contributed by atoms with Gasteiger partial charge in [-0.2, -0.15) is 0 Å². The van der Waals surface area contributed by atoms with Crippen LogP contribution in [0.3, 0.4) is 0 Å². The first kappa shape index (κ1) is 17.9. The maximum absolute atomic E-state index is 13.6. The van der Waals surface area contributed by atoms with Crippen LogP contribution in [0.5, 0.6) is 0 Å². The largest absolute Gasteiger partial charge is 0.323 e. The zero-order valence-electron chi connectivity index (χ0n) is 12.6. The first-order chi connectivity index (χ1) is 11.8. The number of rotatable bonds is 4. The Morgan fingerprint density at radius 3 is 2.76 bits per heavy atom. The van der Waals surface area contributed by atoms with Crippen molar-refractivity contribution in [1.29, 1.82) is 0 Å². The molecule has 1 unspecified atom stereocenters. The quantitative estimate of drug-likeness (QED) is 0.655. The van der Waals surface area contributed by atoms with Crippen molar-refractivity contribution in [2.75, 3.05) is 5.32 Å². The van der Waals surface area contributed by atoms with Crippen LogP contribution in [0, 0.1) is 11.6 Å². The molecule has 3 aromatic rings. The van der Waals surface area contributed by atoms with E-state index in [-0.39, 0.29) is 5.69 Å². The van der Waals surface area contributed by atoms with E-state index in [1.54, 1.807) is 17.5 Å². The minimum absolute atomic E-state index is 0.101.